The molecular formula is C19H41N3O4. The van der Waals surface area contributed by atoms with Crippen LogP contribution in [0.3, 0.4) is 0 Å². The Hall–Kier alpha value is -1.18. The summed E-state index contributed by atoms with van der Waals surface area (Å²) in [4.78, 5) is 22.1. The van der Waals surface area contributed by atoms with E-state index >= 15 is 0 Å². The van der Waals surface area contributed by atoms with Gasteiger partial charge in [0, 0.05) is 12.4 Å². The molecule has 6 N–H and O–H groups in total. The zero-order chi connectivity index (χ0) is 20.0. The molecule has 0 atom stereocenters. The van der Waals surface area contributed by atoms with Gasteiger partial charge in [-0.3, -0.25) is 4.79 Å². The van der Waals surface area contributed by atoms with E-state index < -0.39 is 11.9 Å². The lowest BCUT2D eigenvalue weighted by molar-refractivity contribution is -0.368. The van der Waals surface area contributed by atoms with Crippen LogP contribution in [0.2, 0.25) is 0 Å². The van der Waals surface area contributed by atoms with Crippen LogP contribution < -0.4 is 16.6 Å². The molecule has 0 bridgehead atoms. The first-order valence-corrected chi connectivity index (χ1v) is 10.0. The lowest BCUT2D eigenvalue weighted by Crippen LogP contribution is -2.50. The van der Waals surface area contributed by atoms with Gasteiger partial charge in [0.05, 0.1) is 6.54 Å². The van der Waals surface area contributed by atoms with Crippen molar-refractivity contribution in [1.29, 1.82) is 0 Å². The number of quaternary nitrogens is 1. The number of rotatable bonds is 17. The van der Waals surface area contributed by atoms with Crippen molar-refractivity contribution in [3.05, 3.63) is 0 Å². The second-order valence-corrected chi connectivity index (χ2v) is 6.75. The summed E-state index contributed by atoms with van der Waals surface area (Å²) in [5.74, 6) is -2.01. The molecule has 0 spiro atoms. The number of carbonyl (C=O) groups excluding carboxylic acids is 1. The molecule has 0 saturated carbocycles. The van der Waals surface area contributed by atoms with Crippen molar-refractivity contribution in [3.8, 4) is 0 Å². The molecule has 0 aromatic rings. The molecule has 0 aromatic carbocycles. The number of aliphatic carboxylic acids is 2. The number of nitrogens with two attached hydrogens (primary N) is 1. The van der Waals surface area contributed by atoms with Crippen LogP contribution in [0.4, 0.5) is 0 Å². The van der Waals surface area contributed by atoms with Gasteiger partial charge in [-0.05, 0) is 78.0 Å². The molecule has 0 unspecified atom stereocenters. The first-order chi connectivity index (χ1) is 12.4. The number of unbranched alkanes of at least 4 members (excludes halogenated alkanes) is 7. The monoisotopic (exact) mass is 375 g/mol. The first-order valence-electron chi connectivity index (χ1n) is 10.0. The third kappa shape index (κ3) is 27.7. The van der Waals surface area contributed by atoms with Crippen LogP contribution in [-0.4, -0.2) is 55.2 Å². The van der Waals surface area contributed by atoms with E-state index in [1.165, 1.54) is 64.5 Å². The largest absolute Gasteiger partial charge is 0.550 e. The van der Waals surface area contributed by atoms with Crippen LogP contribution in [0.15, 0.2) is 0 Å². The number of nitrogens with zero attached hydrogens (tertiary/aromatic N) is 1. The van der Waals surface area contributed by atoms with Crippen LogP contribution >= 0.6 is 0 Å². The SMILES string of the molecule is CN(CCCCCCN)CCCCCC[NH3+].O=C([O-])CCCCC(=O)O. The molecule has 0 aliphatic carbocycles. The van der Waals surface area contributed by atoms with Gasteiger partial charge in [-0.2, -0.15) is 0 Å². The molecule has 0 rings (SSSR count). The first kappa shape index (κ1) is 27.0. The van der Waals surface area contributed by atoms with E-state index in [9.17, 15) is 14.7 Å². The van der Waals surface area contributed by atoms with Gasteiger partial charge in [0.1, 0.15) is 0 Å². The highest BCUT2D eigenvalue weighted by atomic mass is 16.4. The zero-order valence-electron chi connectivity index (χ0n) is 16.7. The van der Waals surface area contributed by atoms with Crippen molar-refractivity contribution in [1.82, 2.24) is 4.90 Å². The highest BCUT2D eigenvalue weighted by molar-refractivity contribution is 5.67. The maximum absolute atomic E-state index is 9.88. The van der Waals surface area contributed by atoms with Crippen LogP contribution in [0.5, 0.6) is 0 Å². The minimum absolute atomic E-state index is 0.0350. The normalized spacial score (nSPS) is 10.5. The summed E-state index contributed by atoms with van der Waals surface area (Å²) >= 11 is 0. The van der Waals surface area contributed by atoms with Gasteiger partial charge in [-0.1, -0.05) is 19.3 Å². The molecule has 7 heteroatoms. The Morgan fingerprint density at radius 2 is 1.38 bits per heavy atom. The van der Waals surface area contributed by atoms with Crippen molar-refractivity contribution in [2.75, 3.05) is 33.2 Å². The Bertz CT molecular complexity index is 298. The molecular weight excluding hydrogens is 334 g/mol. The average molecular weight is 376 g/mol. The standard InChI is InChI=1S/C13H31N3.C6H10O4/c1-16(12-8-4-2-6-10-14)13-9-5-3-7-11-15;7-5(8)3-1-2-4-6(9)10/h2-15H2,1H3;1-4H2,(H,7,8)(H,9,10). The second-order valence-electron chi connectivity index (χ2n) is 6.75. The minimum Gasteiger partial charge on any atom is -0.550 e. The number of carboxylic acids is 2. The van der Waals surface area contributed by atoms with Crippen LogP contribution in [0.1, 0.15) is 77.0 Å². The number of hydrogen-bond acceptors (Lipinski definition) is 5. The fourth-order valence-electron chi connectivity index (χ4n) is 2.45. The van der Waals surface area contributed by atoms with Crippen molar-refractivity contribution in [2.45, 2.75) is 77.0 Å². The van der Waals surface area contributed by atoms with Gasteiger partial charge < -0.3 is 31.4 Å². The Kier molecular flexibility index (Phi) is 22.7. The van der Waals surface area contributed by atoms with E-state index in [-0.39, 0.29) is 12.8 Å². The Labute approximate surface area is 159 Å². The molecule has 0 fully saturated rings. The van der Waals surface area contributed by atoms with Gasteiger partial charge in [-0.15, -0.1) is 0 Å². The Balaban J connectivity index is 0. The van der Waals surface area contributed by atoms with E-state index in [0.29, 0.717) is 12.8 Å². The second kappa shape index (κ2) is 21.9. The van der Waals surface area contributed by atoms with Crippen LogP contribution in [0.25, 0.3) is 0 Å². The highest BCUT2D eigenvalue weighted by Crippen LogP contribution is 2.03. The van der Waals surface area contributed by atoms with E-state index in [1.54, 1.807) is 0 Å². The predicted octanol–water partition coefficient (Wildman–Crippen LogP) is 0.621. The smallest absolute Gasteiger partial charge is 0.303 e. The molecule has 0 radical (unpaired) electrons. The molecule has 0 aromatic heterocycles. The average Bonchev–Trinajstić information content (AvgIpc) is 2.58. The van der Waals surface area contributed by atoms with Gasteiger partial charge in [-0.25, -0.2) is 0 Å². The fraction of sp³-hybridized carbons (Fsp3) is 0.895. The van der Waals surface area contributed by atoms with Gasteiger partial charge in [0.15, 0.2) is 0 Å². The molecule has 156 valence electrons. The molecule has 0 amide bonds. The van der Waals surface area contributed by atoms with E-state index in [1.807, 2.05) is 0 Å². The quantitative estimate of drug-likeness (QED) is 0.319. The van der Waals surface area contributed by atoms with Crippen LogP contribution in [-0.2, 0) is 9.59 Å². The zero-order valence-corrected chi connectivity index (χ0v) is 16.7. The van der Waals surface area contributed by atoms with Crippen molar-refractivity contribution >= 4 is 11.9 Å². The predicted molar refractivity (Wildman–Crippen MR) is 102 cm³/mol. The third-order valence-corrected chi connectivity index (χ3v) is 4.06. The molecule has 26 heavy (non-hydrogen) atoms. The van der Waals surface area contributed by atoms with E-state index in [0.717, 1.165) is 13.1 Å². The lowest BCUT2D eigenvalue weighted by Gasteiger charge is -2.16. The van der Waals surface area contributed by atoms with Crippen molar-refractivity contribution < 1.29 is 25.5 Å². The molecule has 0 aliphatic heterocycles. The molecule has 0 aliphatic rings. The maximum atomic E-state index is 9.88. The summed E-state index contributed by atoms with van der Waals surface area (Å²) in [6.45, 7) is 4.45. The number of carbonyl (C=O) groups is 2. The highest BCUT2D eigenvalue weighted by Gasteiger charge is 1.98. The van der Waals surface area contributed by atoms with Gasteiger partial charge >= 0.3 is 5.97 Å². The Morgan fingerprint density at radius 1 is 0.885 bits per heavy atom. The molecule has 0 saturated heterocycles. The fourth-order valence-corrected chi connectivity index (χ4v) is 2.45. The summed E-state index contributed by atoms with van der Waals surface area (Å²) in [6, 6.07) is 0. The lowest BCUT2D eigenvalue weighted by atomic mass is 10.1. The summed E-state index contributed by atoms with van der Waals surface area (Å²) < 4.78 is 0. The van der Waals surface area contributed by atoms with Gasteiger partial charge in [0.25, 0.3) is 0 Å². The Morgan fingerprint density at radius 3 is 1.85 bits per heavy atom. The van der Waals surface area contributed by atoms with Gasteiger partial charge in [0.2, 0.25) is 0 Å². The van der Waals surface area contributed by atoms with Crippen molar-refractivity contribution in [3.63, 3.8) is 0 Å². The van der Waals surface area contributed by atoms with Crippen molar-refractivity contribution in [2.24, 2.45) is 5.73 Å². The van der Waals surface area contributed by atoms with Crippen LogP contribution in [0, 0.1) is 0 Å². The summed E-state index contributed by atoms with van der Waals surface area (Å²) in [6.07, 6.45) is 11.3. The maximum Gasteiger partial charge on any atom is 0.303 e. The molecule has 7 nitrogen and oxygen atoms in total. The third-order valence-electron chi connectivity index (χ3n) is 4.06. The van der Waals surface area contributed by atoms with E-state index in [4.69, 9.17) is 10.8 Å². The summed E-state index contributed by atoms with van der Waals surface area (Å²) in [5, 5.41) is 17.9. The number of hydrogen-bond donors (Lipinski definition) is 3. The topological polar surface area (TPSA) is 134 Å². The van der Waals surface area contributed by atoms with E-state index in [2.05, 4.69) is 17.7 Å². The summed E-state index contributed by atoms with van der Waals surface area (Å²) in [7, 11) is 2.24. The number of carboxylic acid groups (broad SMARTS) is 2. The minimum atomic E-state index is -1.12. The molecule has 0 heterocycles. The summed E-state index contributed by atoms with van der Waals surface area (Å²) in [5.41, 5.74) is 9.33.